The molecule has 0 amide bonds. The van der Waals surface area contributed by atoms with Crippen LogP contribution in [0.25, 0.3) is 10.6 Å². The van der Waals surface area contributed by atoms with Gasteiger partial charge in [-0.05, 0) is 19.4 Å². The Labute approximate surface area is 118 Å². The topological polar surface area (TPSA) is 42.7 Å². The van der Waals surface area contributed by atoms with E-state index < -0.39 is 0 Å². The first-order valence-corrected chi connectivity index (χ1v) is 7.74. The van der Waals surface area contributed by atoms with Crippen molar-refractivity contribution in [2.45, 2.75) is 39.7 Å². The Morgan fingerprint density at radius 3 is 2.79 bits per heavy atom. The summed E-state index contributed by atoms with van der Waals surface area (Å²) >= 11 is 1.79. The summed E-state index contributed by atoms with van der Waals surface area (Å²) in [4.78, 5) is 6.16. The highest BCUT2D eigenvalue weighted by Crippen LogP contribution is 2.28. The quantitative estimate of drug-likeness (QED) is 0.792. The summed E-state index contributed by atoms with van der Waals surface area (Å²) < 4.78 is 1.82. The van der Waals surface area contributed by atoms with Crippen molar-refractivity contribution in [3.63, 3.8) is 0 Å². The second-order valence-corrected chi connectivity index (χ2v) is 5.80. The molecule has 2 rings (SSSR count). The molecule has 5 heteroatoms. The van der Waals surface area contributed by atoms with Crippen molar-refractivity contribution in [1.82, 2.24) is 20.1 Å². The van der Waals surface area contributed by atoms with E-state index in [4.69, 9.17) is 4.98 Å². The monoisotopic (exact) mass is 278 g/mol. The van der Waals surface area contributed by atoms with Gasteiger partial charge in [0, 0.05) is 30.2 Å². The molecule has 1 N–H and O–H groups in total. The van der Waals surface area contributed by atoms with Crippen molar-refractivity contribution in [1.29, 1.82) is 0 Å². The van der Waals surface area contributed by atoms with Gasteiger partial charge in [-0.3, -0.25) is 4.68 Å². The van der Waals surface area contributed by atoms with E-state index in [1.54, 1.807) is 11.3 Å². The third kappa shape index (κ3) is 3.64. The summed E-state index contributed by atoms with van der Waals surface area (Å²) in [5.74, 6) is 0. The Kier molecular flexibility index (Phi) is 5.10. The van der Waals surface area contributed by atoms with Gasteiger partial charge >= 0.3 is 0 Å². The maximum Gasteiger partial charge on any atom is 0.127 e. The molecule has 0 aliphatic rings. The average Bonchev–Trinajstić information content (AvgIpc) is 2.97. The van der Waals surface area contributed by atoms with Gasteiger partial charge in [-0.2, -0.15) is 5.10 Å². The van der Waals surface area contributed by atoms with Gasteiger partial charge in [0.15, 0.2) is 0 Å². The van der Waals surface area contributed by atoms with Gasteiger partial charge in [-0.15, -0.1) is 11.3 Å². The second kappa shape index (κ2) is 6.82. The molecule has 0 aromatic carbocycles. The van der Waals surface area contributed by atoms with Gasteiger partial charge in [0.05, 0.1) is 11.9 Å². The molecule has 0 fully saturated rings. The molecule has 4 nitrogen and oxygen atoms in total. The molecule has 0 atom stereocenters. The summed E-state index contributed by atoms with van der Waals surface area (Å²) in [5, 5.41) is 8.78. The average molecular weight is 278 g/mol. The van der Waals surface area contributed by atoms with Crippen LogP contribution < -0.4 is 5.32 Å². The summed E-state index contributed by atoms with van der Waals surface area (Å²) in [6.45, 7) is 6.38. The van der Waals surface area contributed by atoms with Crippen LogP contribution in [0, 0.1) is 0 Å². The van der Waals surface area contributed by atoms with E-state index in [2.05, 4.69) is 24.3 Å². The van der Waals surface area contributed by atoms with Gasteiger partial charge in [0.25, 0.3) is 0 Å². The normalized spacial score (nSPS) is 11.1. The van der Waals surface area contributed by atoms with E-state index in [0.717, 1.165) is 42.9 Å². The smallest absolute Gasteiger partial charge is 0.127 e. The summed E-state index contributed by atoms with van der Waals surface area (Å²) in [5.41, 5.74) is 2.36. The van der Waals surface area contributed by atoms with Gasteiger partial charge in [-0.25, -0.2) is 4.98 Å². The Balaban J connectivity index is 2.18. The van der Waals surface area contributed by atoms with Gasteiger partial charge in [-0.1, -0.05) is 20.3 Å². The highest BCUT2D eigenvalue weighted by Gasteiger charge is 2.12. The molecular formula is C14H22N4S. The van der Waals surface area contributed by atoms with Crippen LogP contribution in [0.15, 0.2) is 12.4 Å². The number of aryl methyl sites for hydroxylation is 2. The molecule has 0 aliphatic carbocycles. The van der Waals surface area contributed by atoms with Crippen molar-refractivity contribution in [3.8, 4) is 10.6 Å². The van der Waals surface area contributed by atoms with Crippen molar-refractivity contribution < 1.29 is 0 Å². The first kappa shape index (κ1) is 14.2. The van der Waals surface area contributed by atoms with Gasteiger partial charge < -0.3 is 5.32 Å². The fraction of sp³-hybridized carbons (Fsp3) is 0.571. The zero-order chi connectivity index (χ0) is 13.7. The molecule has 0 spiro atoms. The van der Waals surface area contributed by atoms with Gasteiger partial charge in [0.1, 0.15) is 5.01 Å². The molecule has 2 aromatic heterocycles. The number of nitrogens with zero attached hydrogens (tertiary/aromatic N) is 3. The Morgan fingerprint density at radius 1 is 1.32 bits per heavy atom. The number of hydrogen-bond acceptors (Lipinski definition) is 4. The van der Waals surface area contributed by atoms with E-state index >= 15 is 0 Å². The molecular weight excluding hydrogens is 256 g/mol. The predicted octanol–water partition coefficient (Wildman–Crippen LogP) is 3.00. The van der Waals surface area contributed by atoms with Crippen LogP contribution in [0.1, 0.15) is 37.3 Å². The molecule has 0 saturated carbocycles. The highest BCUT2D eigenvalue weighted by atomic mass is 32.1. The largest absolute Gasteiger partial charge is 0.312 e. The van der Waals surface area contributed by atoms with E-state index in [1.165, 1.54) is 10.6 Å². The molecule has 0 radical (unpaired) electrons. The van der Waals surface area contributed by atoms with Crippen LogP contribution in [0.4, 0.5) is 0 Å². The van der Waals surface area contributed by atoms with Crippen molar-refractivity contribution in [3.05, 3.63) is 23.0 Å². The van der Waals surface area contributed by atoms with Crippen LogP contribution in [0.2, 0.25) is 0 Å². The third-order valence-corrected chi connectivity index (χ3v) is 4.08. The molecule has 2 heterocycles. The van der Waals surface area contributed by atoms with E-state index in [-0.39, 0.29) is 0 Å². The lowest BCUT2D eigenvalue weighted by molar-refractivity contribution is 0.674. The minimum absolute atomic E-state index is 0.932. The number of rotatable bonds is 7. The van der Waals surface area contributed by atoms with Crippen LogP contribution in [-0.2, 0) is 20.0 Å². The summed E-state index contributed by atoms with van der Waals surface area (Å²) in [7, 11) is 1.94. The van der Waals surface area contributed by atoms with E-state index in [9.17, 15) is 0 Å². The Hall–Kier alpha value is -1.20. The molecule has 0 bridgehead atoms. The fourth-order valence-corrected chi connectivity index (χ4v) is 3.04. The molecule has 0 saturated heterocycles. The van der Waals surface area contributed by atoms with Crippen molar-refractivity contribution in [2.24, 2.45) is 7.05 Å². The SMILES string of the molecule is CCCNCc1sc(-c2cnn(C)c2)nc1CCC. The maximum absolute atomic E-state index is 4.79. The number of thiazole rings is 1. The second-order valence-electron chi connectivity index (χ2n) is 4.72. The lowest BCUT2D eigenvalue weighted by Crippen LogP contribution is -2.13. The lowest BCUT2D eigenvalue weighted by Gasteiger charge is -2.02. The minimum Gasteiger partial charge on any atom is -0.312 e. The Morgan fingerprint density at radius 2 is 2.16 bits per heavy atom. The van der Waals surface area contributed by atoms with Crippen LogP contribution in [0.3, 0.4) is 0 Å². The first-order valence-electron chi connectivity index (χ1n) is 6.92. The fourth-order valence-electron chi connectivity index (χ4n) is 1.99. The van der Waals surface area contributed by atoms with Crippen molar-refractivity contribution >= 4 is 11.3 Å². The standard InChI is InChI=1S/C14H22N4S/c1-4-6-12-13(9-15-7-5-2)19-14(17-12)11-8-16-18(3)10-11/h8,10,15H,4-7,9H2,1-3H3. The van der Waals surface area contributed by atoms with Crippen molar-refractivity contribution in [2.75, 3.05) is 6.54 Å². The molecule has 2 aromatic rings. The summed E-state index contributed by atoms with van der Waals surface area (Å²) in [6.07, 6.45) is 7.27. The first-order chi connectivity index (χ1) is 9.24. The van der Waals surface area contributed by atoms with Crippen LogP contribution >= 0.6 is 11.3 Å². The molecule has 0 aliphatic heterocycles. The van der Waals surface area contributed by atoms with Gasteiger partial charge in [0.2, 0.25) is 0 Å². The summed E-state index contributed by atoms with van der Waals surface area (Å²) in [6, 6.07) is 0. The Bertz CT molecular complexity index is 515. The lowest BCUT2D eigenvalue weighted by atomic mass is 10.2. The van der Waals surface area contributed by atoms with E-state index in [0.29, 0.717) is 0 Å². The number of aromatic nitrogens is 3. The maximum atomic E-state index is 4.79. The van der Waals surface area contributed by atoms with E-state index in [1.807, 2.05) is 24.1 Å². The highest BCUT2D eigenvalue weighted by molar-refractivity contribution is 7.15. The van der Waals surface area contributed by atoms with Crippen LogP contribution in [0.5, 0.6) is 0 Å². The zero-order valence-corrected chi connectivity index (χ0v) is 12.8. The number of nitrogens with one attached hydrogen (secondary N) is 1. The molecule has 19 heavy (non-hydrogen) atoms. The van der Waals surface area contributed by atoms with Crippen LogP contribution in [-0.4, -0.2) is 21.3 Å². The zero-order valence-electron chi connectivity index (χ0n) is 11.9. The number of hydrogen-bond donors (Lipinski definition) is 1. The molecule has 104 valence electrons. The molecule has 0 unspecified atom stereocenters. The predicted molar refractivity (Wildman–Crippen MR) is 80.3 cm³/mol. The minimum atomic E-state index is 0.932. The third-order valence-electron chi connectivity index (χ3n) is 2.93.